The second-order valence-electron chi connectivity index (χ2n) is 6.45. The van der Waals surface area contributed by atoms with Crippen molar-refractivity contribution in [3.05, 3.63) is 62.8 Å². The third kappa shape index (κ3) is 2.83. The number of pyridine rings is 1. The number of allylic oxidation sites excluding steroid dienone is 3. The van der Waals surface area contributed by atoms with Gasteiger partial charge in [-0.25, -0.2) is 4.98 Å². The van der Waals surface area contributed by atoms with Crippen molar-refractivity contribution in [3.63, 3.8) is 0 Å². The molecule has 1 atom stereocenters. The molecular weight excluding hydrogens is 350 g/mol. The molecule has 26 heavy (non-hydrogen) atoms. The molecule has 0 saturated carbocycles. The average molecular weight is 368 g/mol. The first kappa shape index (κ1) is 18.0. The summed E-state index contributed by atoms with van der Waals surface area (Å²) in [5.74, 6) is -0.548. The van der Waals surface area contributed by atoms with Crippen LogP contribution in [-0.2, 0) is 9.53 Å². The quantitative estimate of drug-likeness (QED) is 0.804. The number of Topliss-reactive ketones (excluding diaryl/α,β-unsaturated/α-hetero) is 1. The molecule has 1 aliphatic rings. The monoisotopic (exact) mass is 367 g/mol. The number of ketones is 1. The fraction of sp³-hybridized carbons (Fsp3) is 0.250. The van der Waals surface area contributed by atoms with Crippen molar-refractivity contribution in [2.75, 3.05) is 0 Å². The van der Waals surface area contributed by atoms with E-state index in [-0.39, 0.29) is 22.4 Å². The third-order valence-corrected chi connectivity index (χ3v) is 5.01. The van der Waals surface area contributed by atoms with Gasteiger partial charge in [0.1, 0.15) is 22.6 Å². The fourth-order valence-corrected chi connectivity index (χ4v) is 3.54. The summed E-state index contributed by atoms with van der Waals surface area (Å²) in [4.78, 5) is 16.7. The van der Waals surface area contributed by atoms with Gasteiger partial charge in [0.25, 0.3) is 0 Å². The highest BCUT2D eigenvalue weighted by Crippen LogP contribution is 2.42. The Hall–Kier alpha value is -2.84. The largest absolute Gasteiger partial charge is 0.445 e. The number of nitriles is 1. The van der Waals surface area contributed by atoms with E-state index in [0.29, 0.717) is 16.9 Å². The molecule has 1 aromatic heterocycles. The van der Waals surface area contributed by atoms with Crippen LogP contribution in [0.15, 0.2) is 41.0 Å². The second kappa shape index (κ2) is 6.47. The molecule has 3 rings (SSSR count). The van der Waals surface area contributed by atoms with Crippen LogP contribution in [0, 0.1) is 25.2 Å². The molecule has 0 amide bonds. The lowest BCUT2D eigenvalue weighted by Gasteiger charge is -2.27. The van der Waals surface area contributed by atoms with E-state index in [4.69, 9.17) is 22.1 Å². The van der Waals surface area contributed by atoms with E-state index in [1.165, 1.54) is 6.92 Å². The number of carbonyl (C=O) groups excluding carboxylic acids is 1. The lowest BCUT2D eigenvalue weighted by Crippen LogP contribution is -2.23. The zero-order valence-corrected chi connectivity index (χ0v) is 15.7. The van der Waals surface area contributed by atoms with E-state index < -0.39 is 5.92 Å². The number of aryl methyl sites for hydroxylation is 2. The van der Waals surface area contributed by atoms with E-state index >= 15 is 0 Å². The molecular formula is C20H18ClN3O2. The predicted molar refractivity (Wildman–Crippen MR) is 100 cm³/mol. The molecule has 0 unspecified atom stereocenters. The summed E-state index contributed by atoms with van der Waals surface area (Å²) < 4.78 is 5.41. The third-order valence-electron chi connectivity index (χ3n) is 4.71. The zero-order chi connectivity index (χ0) is 19.2. The van der Waals surface area contributed by atoms with Gasteiger partial charge >= 0.3 is 0 Å². The Kier molecular flexibility index (Phi) is 4.47. The minimum atomic E-state index is -0.697. The zero-order valence-electron chi connectivity index (χ0n) is 15.0. The number of nitrogens with zero attached hydrogens (tertiary/aromatic N) is 2. The van der Waals surface area contributed by atoms with Crippen molar-refractivity contribution in [1.82, 2.24) is 4.98 Å². The predicted octanol–water partition coefficient (Wildman–Crippen LogP) is 4.18. The van der Waals surface area contributed by atoms with E-state index in [1.54, 1.807) is 6.92 Å². The Balaban J connectivity index is 2.32. The number of nitrogens with two attached hydrogens (primary N) is 1. The summed E-state index contributed by atoms with van der Waals surface area (Å²) in [5.41, 5.74) is 9.98. The average Bonchev–Trinajstić information content (AvgIpc) is 2.55. The lowest BCUT2D eigenvalue weighted by atomic mass is 9.81. The van der Waals surface area contributed by atoms with Crippen LogP contribution in [0.25, 0.3) is 10.9 Å². The summed E-state index contributed by atoms with van der Waals surface area (Å²) in [6.07, 6.45) is 0. The molecule has 0 saturated heterocycles. The summed E-state index contributed by atoms with van der Waals surface area (Å²) >= 11 is 6.46. The first-order valence-electron chi connectivity index (χ1n) is 8.11. The molecule has 0 spiro atoms. The van der Waals surface area contributed by atoms with Crippen LogP contribution in [0.3, 0.4) is 0 Å². The van der Waals surface area contributed by atoms with Crippen molar-refractivity contribution in [2.24, 2.45) is 5.73 Å². The van der Waals surface area contributed by atoms with Crippen LogP contribution < -0.4 is 5.73 Å². The molecule has 0 fully saturated rings. The van der Waals surface area contributed by atoms with E-state index in [0.717, 1.165) is 22.0 Å². The van der Waals surface area contributed by atoms with E-state index in [2.05, 4.69) is 11.1 Å². The lowest BCUT2D eigenvalue weighted by molar-refractivity contribution is -0.114. The summed E-state index contributed by atoms with van der Waals surface area (Å²) in [5, 5.41) is 10.7. The normalized spacial score (nSPS) is 17.3. The van der Waals surface area contributed by atoms with Gasteiger partial charge in [-0.05, 0) is 57.0 Å². The molecule has 0 aliphatic carbocycles. The minimum Gasteiger partial charge on any atom is -0.445 e. The minimum absolute atomic E-state index is 0.0174. The topological polar surface area (TPSA) is 89.0 Å². The highest BCUT2D eigenvalue weighted by molar-refractivity contribution is 6.30. The molecule has 0 radical (unpaired) electrons. The Morgan fingerprint density at radius 1 is 1.27 bits per heavy atom. The highest BCUT2D eigenvalue weighted by Gasteiger charge is 2.35. The number of carbonyl (C=O) groups is 1. The van der Waals surface area contributed by atoms with Crippen LogP contribution in [0.5, 0.6) is 0 Å². The number of hydrogen-bond donors (Lipinski definition) is 1. The summed E-state index contributed by atoms with van der Waals surface area (Å²) in [6, 6.07) is 7.91. The van der Waals surface area contributed by atoms with Crippen LogP contribution in [0.4, 0.5) is 0 Å². The Labute approximate surface area is 156 Å². The second-order valence-corrected chi connectivity index (χ2v) is 6.81. The Morgan fingerprint density at radius 3 is 2.54 bits per heavy atom. The standard InChI is InChI=1S/C20H18ClN3O2/c1-9-5-13-7-14(19(21)24-16(13)6-10(9)2)18-15(8-22)20(23)26-12(4)17(18)11(3)25/h5-7,18H,23H2,1-4H3/t18-/m1/s1. The smallest absolute Gasteiger partial charge is 0.205 e. The van der Waals surface area contributed by atoms with Crippen molar-refractivity contribution in [2.45, 2.75) is 33.6 Å². The van der Waals surface area contributed by atoms with Crippen LogP contribution in [0.2, 0.25) is 5.15 Å². The van der Waals surface area contributed by atoms with Crippen LogP contribution in [0.1, 0.15) is 36.5 Å². The summed E-state index contributed by atoms with van der Waals surface area (Å²) in [7, 11) is 0. The first-order chi connectivity index (χ1) is 12.2. The number of aromatic nitrogens is 1. The number of benzene rings is 1. The van der Waals surface area contributed by atoms with Gasteiger partial charge in [0.2, 0.25) is 5.88 Å². The van der Waals surface area contributed by atoms with E-state index in [9.17, 15) is 10.1 Å². The molecule has 0 bridgehead atoms. The van der Waals surface area contributed by atoms with Gasteiger partial charge in [-0.15, -0.1) is 0 Å². The maximum absolute atomic E-state index is 12.3. The number of fused-ring (bicyclic) bond motifs is 1. The van der Waals surface area contributed by atoms with Gasteiger partial charge in [0.05, 0.1) is 11.4 Å². The van der Waals surface area contributed by atoms with Gasteiger partial charge < -0.3 is 10.5 Å². The maximum atomic E-state index is 12.3. The van der Waals surface area contributed by atoms with Crippen molar-refractivity contribution >= 4 is 28.3 Å². The van der Waals surface area contributed by atoms with Crippen molar-refractivity contribution in [3.8, 4) is 6.07 Å². The van der Waals surface area contributed by atoms with Crippen LogP contribution >= 0.6 is 11.6 Å². The van der Waals surface area contributed by atoms with Gasteiger partial charge in [-0.2, -0.15) is 5.26 Å². The molecule has 132 valence electrons. The van der Waals surface area contributed by atoms with Gasteiger partial charge in [0.15, 0.2) is 5.78 Å². The molecule has 6 heteroatoms. The number of ether oxygens (including phenoxy) is 1. The SMILES string of the molecule is CC(=O)C1=C(C)OC(N)=C(C#N)[C@H]1c1cc2cc(C)c(C)cc2nc1Cl. The molecule has 5 nitrogen and oxygen atoms in total. The fourth-order valence-electron chi connectivity index (χ4n) is 3.28. The molecule has 1 aromatic carbocycles. The maximum Gasteiger partial charge on any atom is 0.205 e. The first-order valence-corrected chi connectivity index (χ1v) is 8.49. The molecule has 1 aliphatic heterocycles. The Morgan fingerprint density at radius 2 is 1.92 bits per heavy atom. The Bertz CT molecular complexity index is 1060. The van der Waals surface area contributed by atoms with Crippen molar-refractivity contribution in [1.29, 1.82) is 5.26 Å². The van der Waals surface area contributed by atoms with Gasteiger partial charge in [0, 0.05) is 16.5 Å². The van der Waals surface area contributed by atoms with Gasteiger partial charge in [-0.1, -0.05) is 11.6 Å². The summed E-state index contributed by atoms with van der Waals surface area (Å²) in [6.45, 7) is 7.11. The number of halogens is 1. The van der Waals surface area contributed by atoms with Gasteiger partial charge in [-0.3, -0.25) is 4.79 Å². The van der Waals surface area contributed by atoms with Crippen molar-refractivity contribution < 1.29 is 9.53 Å². The molecule has 2 heterocycles. The molecule has 2 N–H and O–H groups in total. The molecule has 2 aromatic rings. The van der Waals surface area contributed by atoms with Crippen LogP contribution in [-0.4, -0.2) is 10.8 Å². The highest BCUT2D eigenvalue weighted by atomic mass is 35.5. The number of hydrogen-bond acceptors (Lipinski definition) is 5. The van der Waals surface area contributed by atoms with E-state index in [1.807, 2.05) is 32.0 Å². The number of rotatable bonds is 2.